The monoisotopic (exact) mass is 281 g/mol. The molecule has 4 heteroatoms. The minimum absolute atomic E-state index is 0.0384. The van der Waals surface area contributed by atoms with Gasteiger partial charge in [0.15, 0.2) is 5.82 Å². The van der Waals surface area contributed by atoms with Crippen molar-refractivity contribution >= 4 is 17.3 Å². The molecule has 0 aliphatic carbocycles. The van der Waals surface area contributed by atoms with Crippen molar-refractivity contribution in [1.29, 1.82) is 0 Å². The number of nitrogens with one attached hydrogen (secondary N) is 1. The van der Waals surface area contributed by atoms with Crippen molar-refractivity contribution in [2.24, 2.45) is 0 Å². The van der Waals surface area contributed by atoms with Crippen molar-refractivity contribution < 1.29 is 8.78 Å². The quantitative estimate of drug-likeness (QED) is 0.825. The van der Waals surface area contributed by atoms with Gasteiger partial charge in [-0.05, 0) is 25.5 Å². The highest BCUT2D eigenvalue weighted by Crippen LogP contribution is 2.29. The van der Waals surface area contributed by atoms with Gasteiger partial charge in [0, 0.05) is 12.1 Å². The maximum absolute atomic E-state index is 13.7. The van der Waals surface area contributed by atoms with Gasteiger partial charge in [0.2, 0.25) is 0 Å². The largest absolute Gasteiger partial charge is 0.375 e. The van der Waals surface area contributed by atoms with E-state index >= 15 is 0 Å². The first kappa shape index (κ1) is 13.8. The van der Waals surface area contributed by atoms with E-state index in [0.29, 0.717) is 0 Å². The normalized spacial score (nSPS) is 12.3. The Morgan fingerprint density at radius 2 is 1.74 bits per heavy atom. The van der Waals surface area contributed by atoms with E-state index in [1.165, 1.54) is 0 Å². The average molecular weight is 282 g/mol. The molecule has 2 aromatic carbocycles. The summed E-state index contributed by atoms with van der Waals surface area (Å²) in [6, 6.07) is 9.67. The number of hydrogen-bond donors (Lipinski definition) is 1. The first-order valence-corrected chi connectivity index (χ1v) is 6.33. The summed E-state index contributed by atoms with van der Waals surface area (Å²) >= 11 is 5.85. The molecule has 1 atom stereocenters. The van der Waals surface area contributed by atoms with Crippen LogP contribution in [0.3, 0.4) is 0 Å². The SMILES string of the molecule is Cc1ccc(C(C)Nc2c(F)cc(F)cc2Cl)cc1. The molecule has 0 heterocycles. The summed E-state index contributed by atoms with van der Waals surface area (Å²) in [4.78, 5) is 0. The molecule has 1 N–H and O–H groups in total. The van der Waals surface area contributed by atoms with Crippen LogP contribution in [0.2, 0.25) is 5.02 Å². The van der Waals surface area contributed by atoms with E-state index < -0.39 is 11.6 Å². The summed E-state index contributed by atoms with van der Waals surface area (Å²) in [5, 5.41) is 3.01. The van der Waals surface area contributed by atoms with Crippen LogP contribution >= 0.6 is 11.6 Å². The minimum Gasteiger partial charge on any atom is -0.375 e. The topological polar surface area (TPSA) is 12.0 Å². The molecule has 1 nitrogen and oxygen atoms in total. The Hall–Kier alpha value is -1.61. The molecule has 1 unspecified atom stereocenters. The lowest BCUT2D eigenvalue weighted by Gasteiger charge is -2.17. The Kier molecular flexibility index (Phi) is 4.05. The predicted molar refractivity (Wildman–Crippen MR) is 74.6 cm³/mol. The van der Waals surface area contributed by atoms with Gasteiger partial charge in [-0.15, -0.1) is 0 Å². The maximum Gasteiger partial charge on any atom is 0.150 e. The number of anilines is 1. The van der Waals surface area contributed by atoms with Gasteiger partial charge in [0.1, 0.15) is 5.82 Å². The lowest BCUT2D eigenvalue weighted by Crippen LogP contribution is -2.08. The molecule has 0 aliphatic rings. The zero-order chi connectivity index (χ0) is 14.0. The van der Waals surface area contributed by atoms with Crippen LogP contribution in [0.5, 0.6) is 0 Å². The van der Waals surface area contributed by atoms with Gasteiger partial charge in [0.25, 0.3) is 0 Å². The molecule has 0 saturated carbocycles. The average Bonchev–Trinajstić information content (AvgIpc) is 2.34. The molecule has 0 bridgehead atoms. The van der Waals surface area contributed by atoms with E-state index in [4.69, 9.17) is 11.6 Å². The highest BCUT2D eigenvalue weighted by atomic mass is 35.5. The van der Waals surface area contributed by atoms with E-state index in [1.54, 1.807) is 0 Å². The van der Waals surface area contributed by atoms with E-state index in [1.807, 2.05) is 38.1 Å². The second-order valence-corrected chi connectivity index (χ2v) is 4.93. The first-order chi connectivity index (χ1) is 8.97. The second kappa shape index (κ2) is 5.57. The zero-order valence-corrected chi connectivity index (χ0v) is 11.4. The van der Waals surface area contributed by atoms with Gasteiger partial charge in [-0.1, -0.05) is 41.4 Å². The van der Waals surface area contributed by atoms with Crippen LogP contribution in [0.4, 0.5) is 14.5 Å². The zero-order valence-electron chi connectivity index (χ0n) is 10.7. The number of rotatable bonds is 3. The summed E-state index contributed by atoms with van der Waals surface area (Å²) in [7, 11) is 0. The predicted octanol–water partition coefficient (Wildman–Crippen LogP) is 5.10. The van der Waals surface area contributed by atoms with E-state index in [9.17, 15) is 8.78 Å². The van der Waals surface area contributed by atoms with Crippen molar-refractivity contribution in [3.05, 3.63) is 64.2 Å². The molecule has 0 saturated heterocycles. The van der Waals surface area contributed by atoms with Crippen LogP contribution in [0.15, 0.2) is 36.4 Å². The smallest absolute Gasteiger partial charge is 0.150 e. The Labute approximate surface area is 116 Å². The summed E-state index contributed by atoms with van der Waals surface area (Å²) in [5.41, 5.74) is 2.28. The Balaban J connectivity index is 2.24. The van der Waals surface area contributed by atoms with Crippen molar-refractivity contribution in [2.45, 2.75) is 19.9 Å². The fourth-order valence-electron chi connectivity index (χ4n) is 1.84. The first-order valence-electron chi connectivity index (χ1n) is 5.95. The summed E-state index contributed by atoms with van der Waals surface area (Å²) in [5.74, 6) is -1.37. The van der Waals surface area contributed by atoms with Gasteiger partial charge in [-0.25, -0.2) is 8.78 Å². The van der Waals surface area contributed by atoms with E-state index in [-0.39, 0.29) is 16.8 Å². The maximum atomic E-state index is 13.7. The van der Waals surface area contributed by atoms with Crippen LogP contribution in [0, 0.1) is 18.6 Å². The fourth-order valence-corrected chi connectivity index (χ4v) is 2.08. The van der Waals surface area contributed by atoms with Gasteiger partial charge in [-0.3, -0.25) is 0 Å². The number of benzene rings is 2. The summed E-state index contributed by atoms with van der Waals surface area (Å²) in [6.45, 7) is 3.89. The van der Waals surface area contributed by atoms with Crippen LogP contribution < -0.4 is 5.32 Å². The van der Waals surface area contributed by atoms with Crippen molar-refractivity contribution in [3.8, 4) is 0 Å². The molecular weight excluding hydrogens is 268 g/mol. The second-order valence-electron chi connectivity index (χ2n) is 4.52. The standard InChI is InChI=1S/C15H14ClF2N/c1-9-3-5-11(6-4-9)10(2)19-15-13(16)7-12(17)8-14(15)18/h3-8,10,19H,1-2H3. The molecule has 2 rings (SSSR count). The molecule has 0 aromatic heterocycles. The molecule has 0 radical (unpaired) electrons. The number of aryl methyl sites for hydroxylation is 1. The van der Waals surface area contributed by atoms with E-state index in [0.717, 1.165) is 23.3 Å². The summed E-state index contributed by atoms with van der Waals surface area (Å²) < 4.78 is 26.6. The van der Waals surface area contributed by atoms with Crippen molar-refractivity contribution in [2.75, 3.05) is 5.32 Å². The molecule has 0 aliphatic heterocycles. The lowest BCUT2D eigenvalue weighted by atomic mass is 10.1. The Morgan fingerprint density at radius 3 is 2.32 bits per heavy atom. The Morgan fingerprint density at radius 1 is 1.11 bits per heavy atom. The highest BCUT2D eigenvalue weighted by Gasteiger charge is 2.13. The number of halogens is 3. The van der Waals surface area contributed by atoms with Gasteiger partial charge >= 0.3 is 0 Å². The van der Waals surface area contributed by atoms with Crippen LogP contribution in [-0.4, -0.2) is 0 Å². The molecule has 0 fully saturated rings. The van der Waals surface area contributed by atoms with E-state index in [2.05, 4.69) is 5.32 Å². The van der Waals surface area contributed by atoms with Gasteiger partial charge < -0.3 is 5.32 Å². The number of hydrogen-bond acceptors (Lipinski definition) is 1. The lowest BCUT2D eigenvalue weighted by molar-refractivity contribution is 0.584. The minimum atomic E-state index is -0.691. The molecule has 0 amide bonds. The van der Waals surface area contributed by atoms with Crippen molar-refractivity contribution in [3.63, 3.8) is 0 Å². The van der Waals surface area contributed by atoms with Gasteiger partial charge in [0.05, 0.1) is 10.7 Å². The fraction of sp³-hybridized carbons (Fsp3) is 0.200. The third kappa shape index (κ3) is 3.24. The van der Waals surface area contributed by atoms with Gasteiger partial charge in [-0.2, -0.15) is 0 Å². The molecule has 100 valence electrons. The highest BCUT2D eigenvalue weighted by molar-refractivity contribution is 6.33. The molecule has 2 aromatic rings. The van der Waals surface area contributed by atoms with Crippen molar-refractivity contribution in [1.82, 2.24) is 0 Å². The third-order valence-corrected chi connectivity index (χ3v) is 3.24. The van der Waals surface area contributed by atoms with Crippen LogP contribution in [0.25, 0.3) is 0 Å². The molecular formula is C15H14ClF2N. The van der Waals surface area contributed by atoms with Crippen LogP contribution in [-0.2, 0) is 0 Å². The molecule has 19 heavy (non-hydrogen) atoms. The molecule has 0 spiro atoms. The van der Waals surface area contributed by atoms with Crippen LogP contribution in [0.1, 0.15) is 24.1 Å². The summed E-state index contributed by atoms with van der Waals surface area (Å²) in [6.07, 6.45) is 0. The third-order valence-electron chi connectivity index (χ3n) is 2.95. The Bertz CT molecular complexity index is 558.